The van der Waals surface area contributed by atoms with Crippen molar-refractivity contribution in [1.29, 1.82) is 0 Å². The smallest absolute Gasteiger partial charge is 0.309 e. The second-order valence-electron chi connectivity index (χ2n) is 8.21. The molecule has 2 rings (SSSR count). The van der Waals surface area contributed by atoms with Crippen LogP contribution in [0.15, 0.2) is 24.3 Å². The summed E-state index contributed by atoms with van der Waals surface area (Å²) in [4.78, 5) is 22.8. The molecule has 0 bridgehead atoms. The quantitative estimate of drug-likeness (QED) is 0.412. The number of hydrogen-bond donors (Lipinski definition) is 1. The van der Waals surface area contributed by atoms with Gasteiger partial charge in [-0.25, -0.2) is 0 Å². The first-order valence-corrected chi connectivity index (χ1v) is 11.5. The van der Waals surface area contributed by atoms with Crippen molar-refractivity contribution >= 4 is 11.9 Å². The molecule has 2 fully saturated rings. The molecule has 4 atom stereocenters. The minimum absolute atomic E-state index is 0. The van der Waals surface area contributed by atoms with Gasteiger partial charge in [0.25, 0.3) is 0 Å². The molecule has 0 saturated heterocycles. The summed E-state index contributed by atoms with van der Waals surface area (Å²) in [5.74, 6) is 1.33. The lowest BCUT2D eigenvalue weighted by atomic mass is 9.80. The molecular formula is C26H48O5. The van der Waals surface area contributed by atoms with E-state index in [0.29, 0.717) is 18.4 Å². The van der Waals surface area contributed by atoms with E-state index >= 15 is 0 Å². The van der Waals surface area contributed by atoms with Gasteiger partial charge in [0.1, 0.15) is 6.61 Å². The van der Waals surface area contributed by atoms with Crippen molar-refractivity contribution in [3.63, 3.8) is 0 Å². The Labute approximate surface area is 191 Å². The highest BCUT2D eigenvalue weighted by Crippen LogP contribution is 2.31. The number of methoxy groups -OCH3 is 1. The molecule has 0 aliphatic heterocycles. The Bertz CT molecular complexity index is 512. The molecular weight excluding hydrogens is 392 g/mol. The van der Waals surface area contributed by atoms with E-state index < -0.39 is 0 Å². The van der Waals surface area contributed by atoms with Crippen LogP contribution in [0.1, 0.15) is 86.5 Å². The molecule has 0 spiro atoms. The average Bonchev–Trinajstić information content (AvgIpc) is 2.75. The van der Waals surface area contributed by atoms with Gasteiger partial charge < -0.3 is 14.6 Å². The third kappa shape index (κ3) is 14.1. The molecule has 2 aliphatic carbocycles. The van der Waals surface area contributed by atoms with Crippen molar-refractivity contribution in [2.24, 2.45) is 23.7 Å². The number of rotatable bonds is 5. The fourth-order valence-corrected chi connectivity index (χ4v) is 3.92. The molecule has 1 N–H and O–H groups in total. The van der Waals surface area contributed by atoms with Gasteiger partial charge in [0.05, 0.1) is 25.6 Å². The van der Waals surface area contributed by atoms with Crippen LogP contribution in [-0.2, 0) is 19.1 Å². The highest BCUT2D eigenvalue weighted by Gasteiger charge is 2.29. The van der Waals surface area contributed by atoms with Crippen LogP contribution in [0.5, 0.6) is 0 Å². The second-order valence-corrected chi connectivity index (χ2v) is 8.21. The standard InChI is InChI=1S/C12H20O2.C9H16O2.C4H8O.CH4/c1-3-4-9-14-12(13)11-8-6-5-7-10(11)2;1-7-5-3-4-6-8(7)9(10)11-2;1-2-3-4-5;/h3-4,10-11H,5-9H2,1-2H3;7-8H,3-6H2,1-2H3;2-3,5H,4H2,1H3;1H4/b4-3+;;3-2+;. The zero-order chi connectivity index (χ0) is 22.8. The third-order valence-corrected chi connectivity index (χ3v) is 5.93. The normalized spacial score (nSPS) is 25.4. The van der Waals surface area contributed by atoms with Crippen LogP contribution in [0, 0.1) is 23.7 Å². The van der Waals surface area contributed by atoms with Crippen molar-refractivity contribution in [3.05, 3.63) is 24.3 Å². The summed E-state index contributed by atoms with van der Waals surface area (Å²) in [6, 6.07) is 0. The third-order valence-electron chi connectivity index (χ3n) is 5.93. The first kappa shape index (κ1) is 31.6. The maximum Gasteiger partial charge on any atom is 0.309 e. The molecule has 0 aromatic heterocycles. The monoisotopic (exact) mass is 440 g/mol. The molecule has 5 nitrogen and oxygen atoms in total. The van der Waals surface area contributed by atoms with E-state index in [0.717, 1.165) is 12.8 Å². The Morgan fingerprint density at radius 1 is 0.839 bits per heavy atom. The molecule has 0 radical (unpaired) electrons. The van der Waals surface area contributed by atoms with Crippen molar-refractivity contribution in [3.8, 4) is 0 Å². The van der Waals surface area contributed by atoms with Gasteiger partial charge in [0.15, 0.2) is 0 Å². The van der Waals surface area contributed by atoms with E-state index in [-0.39, 0.29) is 37.8 Å². The maximum atomic E-state index is 11.6. The Morgan fingerprint density at radius 3 is 1.65 bits per heavy atom. The molecule has 0 aromatic rings. The van der Waals surface area contributed by atoms with Crippen LogP contribution in [0.4, 0.5) is 0 Å². The van der Waals surface area contributed by atoms with Gasteiger partial charge in [-0.15, -0.1) is 0 Å². The lowest BCUT2D eigenvalue weighted by Gasteiger charge is -2.26. The lowest BCUT2D eigenvalue weighted by molar-refractivity contribution is -0.150. The van der Waals surface area contributed by atoms with Crippen LogP contribution in [0.3, 0.4) is 0 Å². The predicted octanol–water partition coefficient (Wildman–Crippen LogP) is 6.11. The minimum Gasteiger partial charge on any atom is -0.469 e. The fourth-order valence-electron chi connectivity index (χ4n) is 3.92. The Hall–Kier alpha value is -1.62. The molecule has 5 heteroatoms. The van der Waals surface area contributed by atoms with E-state index in [1.54, 1.807) is 12.2 Å². The molecule has 2 saturated carbocycles. The number of carbonyl (C=O) groups excluding carboxylic acids is 2. The summed E-state index contributed by atoms with van der Waals surface area (Å²) in [5, 5.41) is 7.98. The molecule has 0 heterocycles. The van der Waals surface area contributed by atoms with Gasteiger partial charge in [0, 0.05) is 0 Å². The van der Waals surface area contributed by atoms with E-state index in [1.165, 1.54) is 45.6 Å². The zero-order valence-corrected chi connectivity index (χ0v) is 19.8. The Kier molecular flexibility index (Phi) is 20.7. The fraction of sp³-hybridized carbons (Fsp3) is 0.769. The van der Waals surface area contributed by atoms with E-state index in [1.807, 2.05) is 26.0 Å². The largest absolute Gasteiger partial charge is 0.469 e. The van der Waals surface area contributed by atoms with E-state index in [4.69, 9.17) is 14.6 Å². The molecule has 4 unspecified atom stereocenters. The van der Waals surface area contributed by atoms with Gasteiger partial charge in [-0.3, -0.25) is 9.59 Å². The Balaban J connectivity index is 0. The van der Waals surface area contributed by atoms with Crippen LogP contribution in [0.25, 0.3) is 0 Å². The van der Waals surface area contributed by atoms with Crippen molar-refractivity contribution in [2.75, 3.05) is 20.3 Å². The maximum absolute atomic E-state index is 11.6. The number of aliphatic hydroxyl groups excluding tert-OH is 1. The number of ether oxygens (including phenoxy) is 2. The summed E-state index contributed by atoms with van der Waals surface area (Å²) in [6.45, 7) is 8.68. The predicted molar refractivity (Wildman–Crippen MR) is 129 cm³/mol. The first-order valence-electron chi connectivity index (χ1n) is 11.5. The number of hydrogen-bond acceptors (Lipinski definition) is 5. The number of esters is 2. The van der Waals surface area contributed by atoms with Crippen LogP contribution in [0.2, 0.25) is 0 Å². The summed E-state index contributed by atoms with van der Waals surface area (Å²) in [6.07, 6.45) is 16.5. The molecule has 182 valence electrons. The Morgan fingerprint density at radius 2 is 1.29 bits per heavy atom. The van der Waals surface area contributed by atoms with E-state index in [2.05, 4.69) is 13.8 Å². The highest BCUT2D eigenvalue weighted by molar-refractivity contribution is 5.73. The minimum atomic E-state index is -0.0165. The summed E-state index contributed by atoms with van der Waals surface area (Å²) >= 11 is 0. The molecule has 0 aromatic carbocycles. The zero-order valence-electron chi connectivity index (χ0n) is 19.8. The van der Waals surface area contributed by atoms with Gasteiger partial charge in [-0.1, -0.05) is 71.3 Å². The molecule has 2 aliphatic rings. The number of aliphatic hydroxyl groups is 1. The summed E-state index contributed by atoms with van der Waals surface area (Å²) < 4.78 is 9.89. The summed E-state index contributed by atoms with van der Waals surface area (Å²) in [5.41, 5.74) is 0. The van der Waals surface area contributed by atoms with Crippen LogP contribution < -0.4 is 0 Å². The number of carbonyl (C=O) groups is 2. The molecule has 0 amide bonds. The summed E-state index contributed by atoms with van der Waals surface area (Å²) in [7, 11) is 1.48. The van der Waals surface area contributed by atoms with Crippen LogP contribution in [-0.4, -0.2) is 37.4 Å². The van der Waals surface area contributed by atoms with Crippen molar-refractivity contribution in [1.82, 2.24) is 0 Å². The highest BCUT2D eigenvalue weighted by atomic mass is 16.5. The lowest BCUT2D eigenvalue weighted by Crippen LogP contribution is -2.27. The van der Waals surface area contributed by atoms with Gasteiger partial charge in [-0.05, 0) is 51.4 Å². The SMILES string of the molecule is C.C/C=C/CO.C/C=C/COC(=O)C1CCCCC1C.COC(=O)C1CCCCC1C. The van der Waals surface area contributed by atoms with E-state index in [9.17, 15) is 9.59 Å². The van der Waals surface area contributed by atoms with Crippen molar-refractivity contribution < 1.29 is 24.2 Å². The first-order chi connectivity index (χ1) is 14.4. The molecule has 31 heavy (non-hydrogen) atoms. The topological polar surface area (TPSA) is 72.8 Å². The number of allylic oxidation sites excluding steroid dienone is 2. The average molecular weight is 441 g/mol. The van der Waals surface area contributed by atoms with Crippen molar-refractivity contribution in [2.45, 2.75) is 86.5 Å². The van der Waals surface area contributed by atoms with Gasteiger partial charge >= 0.3 is 11.9 Å². The second kappa shape index (κ2) is 20.3. The van der Waals surface area contributed by atoms with Gasteiger partial charge in [0.2, 0.25) is 0 Å². The van der Waals surface area contributed by atoms with Gasteiger partial charge in [-0.2, -0.15) is 0 Å². The van der Waals surface area contributed by atoms with Crippen LogP contribution >= 0.6 is 0 Å².